The van der Waals surface area contributed by atoms with Gasteiger partial charge in [-0.3, -0.25) is 18.9 Å². The highest BCUT2D eigenvalue weighted by Gasteiger charge is 2.70. The smallest absolute Gasteiger partial charge is 0.471 e. The molecule has 2 bridgehead atoms. The van der Waals surface area contributed by atoms with Crippen molar-refractivity contribution in [2.75, 3.05) is 13.1 Å². The van der Waals surface area contributed by atoms with Crippen LogP contribution in [0.15, 0.2) is 0 Å². The standard InChI is InChI=1S/C23H34F3N3O8S/c1-21(2)13-7-8-22(21,16(30)10-13)17(38(35,36)37)12(11-27)5-6-14(28-20(34)23(24,25)26)18(31)29-9-3-4-15(29)19(32)33/h12-15,17H,3-11,27H2,1-2H3,(H,28,34)(H,32,33)(H,35,36,37)/t12?,13?,14-,15-,17?,22?/m0/s1. The highest BCUT2D eigenvalue weighted by atomic mass is 32.2. The number of ketones is 1. The van der Waals surface area contributed by atoms with Crippen molar-refractivity contribution in [3.63, 3.8) is 0 Å². The van der Waals surface area contributed by atoms with Gasteiger partial charge in [-0.1, -0.05) is 13.8 Å². The van der Waals surface area contributed by atoms with Gasteiger partial charge >= 0.3 is 18.1 Å². The number of carboxylic acids is 1. The SMILES string of the molecule is CC1(C)C2CCC1(C(C(CN)CC[C@H](NC(=O)C(F)(F)F)C(=O)N1CCC[C@H]1C(=O)O)S(=O)(=O)O)C(=O)C2. The molecule has 3 fully saturated rings. The third-order valence-corrected chi connectivity index (χ3v) is 10.5. The molecule has 2 aliphatic carbocycles. The Morgan fingerprint density at radius 2 is 1.84 bits per heavy atom. The van der Waals surface area contributed by atoms with Crippen LogP contribution in [0.25, 0.3) is 0 Å². The highest BCUT2D eigenvalue weighted by Crippen LogP contribution is 2.67. The number of nitrogens with two attached hydrogens (primary N) is 1. The second kappa shape index (κ2) is 10.4. The number of hydrogen-bond donors (Lipinski definition) is 4. The van der Waals surface area contributed by atoms with Crippen molar-refractivity contribution in [2.45, 2.75) is 82.3 Å². The summed E-state index contributed by atoms with van der Waals surface area (Å²) < 4.78 is 74.9. The molecule has 0 aromatic heterocycles. The molecule has 2 saturated carbocycles. The number of fused-ring (bicyclic) bond motifs is 2. The fraction of sp³-hybridized carbons (Fsp3) is 0.826. The second-order valence-corrected chi connectivity index (χ2v) is 12.7. The summed E-state index contributed by atoms with van der Waals surface area (Å²) in [6.45, 7) is 3.07. The molecule has 11 nitrogen and oxygen atoms in total. The van der Waals surface area contributed by atoms with Crippen LogP contribution in [0.4, 0.5) is 13.2 Å². The quantitative estimate of drug-likeness (QED) is 0.280. The molecule has 0 radical (unpaired) electrons. The molecule has 38 heavy (non-hydrogen) atoms. The van der Waals surface area contributed by atoms with E-state index in [4.69, 9.17) is 5.73 Å². The van der Waals surface area contributed by atoms with Crippen molar-refractivity contribution in [2.24, 2.45) is 28.4 Å². The number of Topliss-reactive ketones (excluding diaryl/α,β-unsaturated/α-hetero) is 1. The number of carbonyl (C=O) groups is 4. The van der Waals surface area contributed by atoms with E-state index in [9.17, 15) is 50.4 Å². The first-order valence-electron chi connectivity index (χ1n) is 12.5. The number of alkyl halides is 3. The van der Waals surface area contributed by atoms with Gasteiger partial charge < -0.3 is 21.1 Å². The number of aliphatic carboxylic acids is 1. The molecule has 216 valence electrons. The van der Waals surface area contributed by atoms with E-state index in [0.29, 0.717) is 12.8 Å². The fourth-order valence-electron chi connectivity index (χ4n) is 7.04. The van der Waals surface area contributed by atoms with E-state index < -0.39 is 74.6 Å². The Bertz CT molecular complexity index is 1100. The number of nitrogens with one attached hydrogen (secondary N) is 1. The van der Waals surface area contributed by atoms with Gasteiger partial charge in [-0.25, -0.2) is 4.79 Å². The fourth-order valence-corrected chi connectivity index (χ4v) is 8.83. The number of likely N-dealkylation sites (tertiary alicyclic amines) is 1. The predicted octanol–water partition coefficient (Wildman–Crippen LogP) is 1.12. The van der Waals surface area contributed by atoms with Crippen LogP contribution in [0, 0.1) is 22.7 Å². The van der Waals surface area contributed by atoms with E-state index in [1.807, 2.05) is 0 Å². The molecule has 1 saturated heterocycles. The van der Waals surface area contributed by atoms with Gasteiger partial charge in [0.25, 0.3) is 10.1 Å². The van der Waals surface area contributed by atoms with Crippen LogP contribution in [-0.2, 0) is 29.3 Å². The number of halogens is 3. The van der Waals surface area contributed by atoms with Crippen LogP contribution in [0.3, 0.4) is 0 Å². The third kappa shape index (κ3) is 5.16. The van der Waals surface area contributed by atoms with Crippen LogP contribution in [0.1, 0.15) is 58.8 Å². The normalized spacial score (nSPS) is 29.2. The Morgan fingerprint density at radius 3 is 2.29 bits per heavy atom. The Morgan fingerprint density at radius 1 is 1.21 bits per heavy atom. The van der Waals surface area contributed by atoms with Gasteiger partial charge in [0.05, 0.1) is 5.41 Å². The van der Waals surface area contributed by atoms with Gasteiger partial charge in [0, 0.05) is 13.0 Å². The minimum atomic E-state index is -5.34. The van der Waals surface area contributed by atoms with Crippen LogP contribution >= 0.6 is 0 Å². The van der Waals surface area contributed by atoms with Gasteiger partial charge in [-0.2, -0.15) is 21.6 Å². The van der Waals surface area contributed by atoms with Crippen LogP contribution in [0.5, 0.6) is 0 Å². The number of carboxylic acid groups (broad SMARTS) is 1. The molecule has 3 rings (SSSR count). The van der Waals surface area contributed by atoms with Crippen molar-refractivity contribution in [1.29, 1.82) is 0 Å². The average Bonchev–Trinajstić information content (AvgIpc) is 3.42. The van der Waals surface area contributed by atoms with Gasteiger partial charge in [0.2, 0.25) is 5.91 Å². The van der Waals surface area contributed by atoms with E-state index in [1.165, 1.54) is 0 Å². The molecule has 1 heterocycles. The van der Waals surface area contributed by atoms with E-state index in [0.717, 1.165) is 4.90 Å². The molecule has 0 aromatic rings. The summed E-state index contributed by atoms with van der Waals surface area (Å²) >= 11 is 0. The Hall–Kier alpha value is -2.26. The maximum absolute atomic E-state index is 13.2. The van der Waals surface area contributed by atoms with E-state index in [1.54, 1.807) is 19.2 Å². The first-order valence-corrected chi connectivity index (χ1v) is 14.0. The first-order chi connectivity index (χ1) is 17.4. The lowest BCUT2D eigenvalue weighted by atomic mass is 9.63. The Kier molecular flexibility index (Phi) is 8.27. The summed E-state index contributed by atoms with van der Waals surface area (Å²) in [7, 11) is -4.90. The summed E-state index contributed by atoms with van der Waals surface area (Å²) in [5.41, 5.74) is 3.62. The minimum Gasteiger partial charge on any atom is -0.480 e. The number of carbonyl (C=O) groups excluding carboxylic acids is 3. The van der Waals surface area contributed by atoms with Gasteiger partial charge in [0.15, 0.2) is 0 Å². The van der Waals surface area contributed by atoms with Crippen LogP contribution < -0.4 is 11.1 Å². The zero-order valence-electron chi connectivity index (χ0n) is 21.2. The van der Waals surface area contributed by atoms with E-state index >= 15 is 0 Å². The van der Waals surface area contributed by atoms with Gasteiger partial charge in [-0.15, -0.1) is 0 Å². The maximum atomic E-state index is 13.2. The number of amides is 2. The van der Waals surface area contributed by atoms with Crippen LogP contribution in [0.2, 0.25) is 0 Å². The van der Waals surface area contributed by atoms with Crippen molar-refractivity contribution in [1.82, 2.24) is 10.2 Å². The summed E-state index contributed by atoms with van der Waals surface area (Å²) in [5, 5.41) is 9.34. The highest BCUT2D eigenvalue weighted by molar-refractivity contribution is 7.86. The van der Waals surface area contributed by atoms with Crippen molar-refractivity contribution >= 4 is 33.7 Å². The van der Waals surface area contributed by atoms with Crippen molar-refractivity contribution in [3.8, 4) is 0 Å². The molecule has 0 spiro atoms. The zero-order valence-corrected chi connectivity index (χ0v) is 22.0. The number of rotatable bonds is 10. The third-order valence-electron chi connectivity index (χ3n) is 9.03. The number of nitrogens with zero attached hydrogens (tertiary/aromatic N) is 1. The summed E-state index contributed by atoms with van der Waals surface area (Å²) in [5.74, 6) is -6.40. The lowest BCUT2D eigenvalue weighted by Crippen LogP contribution is -2.56. The molecule has 3 aliphatic rings. The van der Waals surface area contributed by atoms with E-state index in [-0.39, 0.29) is 50.5 Å². The Labute approximate surface area is 218 Å². The molecular formula is C23H34F3N3O8S. The van der Waals surface area contributed by atoms with Crippen LogP contribution in [-0.4, -0.2) is 83.1 Å². The second-order valence-electron chi connectivity index (χ2n) is 11.1. The summed E-state index contributed by atoms with van der Waals surface area (Å²) in [6.07, 6.45) is -4.95. The van der Waals surface area contributed by atoms with Crippen molar-refractivity contribution in [3.05, 3.63) is 0 Å². The lowest BCUT2D eigenvalue weighted by Gasteiger charge is -2.44. The van der Waals surface area contributed by atoms with Gasteiger partial charge in [0.1, 0.15) is 23.1 Å². The molecule has 4 unspecified atom stereocenters. The summed E-state index contributed by atoms with van der Waals surface area (Å²) in [4.78, 5) is 50.4. The Balaban J connectivity index is 1.93. The predicted molar refractivity (Wildman–Crippen MR) is 126 cm³/mol. The molecule has 5 N–H and O–H groups in total. The van der Waals surface area contributed by atoms with E-state index in [2.05, 4.69) is 0 Å². The first kappa shape index (κ1) is 30.3. The van der Waals surface area contributed by atoms with Crippen molar-refractivity contribution < 1.29 is 50.4 Å². The molecule has 6 atom stereocenters. The molecule has 2 amide bonds. The molecule has 15 heteroatoms. The average molecular weight is 570 g/mol. The molecule has 1 aliphatic heterocycles. The largest absolute Gasteiger partial charge is 0.480 e. The van der Waals surface area contributed by atoms with Gasteiger partial charge in [-0.05, 0) is 62.3 Å². The zero-order chi connectivity index (χ0) is 28.8. The minimum absolute atomic E-state index is 0.0463. The topological polar surface area (TPSA) is 184 Å². The monoisotopic (exact) mass is 569 g/mol. The molecular weight excluding hydrogens is 535 g/mol. The number of hydrogen-bond acceptors (Lipinski definition) is 7. The lowest BCUT2D eigenvalue weighted by molar-refractivity contribution is -0.175. The maximum Gasteiger partial charge on any atom is 0.471 e. The summed E-state index contributed by atoms with van der Waals surface area (Å²) in [6, 6.07) is -3.11. The molecule has 0 aromatic carbocycles.